The predicted molar refractivity (Wildman–Crippen MR) is 42.1 cm³/mol. The zero-order valence-corrected chi connectivity index (χ0v) is 6.76. The maximum atomic E-state index is 10.6. The number of rotatable bonds is 2. The lowest BCUT2D eigenvalue weighted by Crippen LogP contribution is -2.38. The number of nitrogens with one attached hydrogen (secondary N) is 2. The Morgan fingerprint density at radius 3 is 3.00 bits per heavy atom. The zero-order valence-electron chi connectivity index (χ0n) is 6.76. The first kappa shape index (κ1) is 7.10. The van der Waals surface area contributed by atoms with E-state index in [9.17, 15) is 4.79 Å². The molecule has 0 aromatic rings. The molecule has 0 spiro atoms. The van der Waals surface area contributed by atoms with Gasteiger partial charge in [-0.1, -0.05) is 0 Å². The van der Waals surface area contributed by atoms with Gasteiger partial charge in [0.25, 0.3) is 0 Å². The standard InChI is InChI=1S/C8H14N2O/c1-5(11)9-4-8-7-2-6(7)3-10-8/h6-8,10H,2-4H2,1H3,(H,9,11). The molecule has 1 saturated heterocycles. The van der Waals surface area contributed by atoms with Gasteiger partial charge in [0.15, 0.2) is 0 Å². The Kier molecular flexibility index (Phi) is 1.60. The number of fused-ring (bicyclic) bond motifs is 1. The van der Waals surface area contributed by atoms with Crippen molar-refractivity contribution in [1.29, 1.82) is 0 Å². The third-order valence-electron chi connectivity index (χ3n) is 2.71. The third-order valence-corrected chi connectivity index (χ3v) is 2.71. The van der Waals surface area contributed by atoms with Gasteiger partial charge in [-0.25, -0.2) is 0 Å². The summed E-state index contributed by atoms with van der Waals surface area (Å²) in [6, 6.07) is 0.559. The van der Waals surface area contributed by atoms with Crippen molar-refractivity contribution in [2.75, 3.05) is 13.1 Å². The molecule has 3 unspecified atom stereocenters. The summed E-state index contributed by atoms with van der Waals surface area (Å²) in [5, 5.41) is 6.24. The minimum Gasteiger partial charge on any atom is -0.355 e. The molecule has 0 aromatic heterocycles. The molecule has 0 radical (unpaired) electrons. The Bertz CT molecular complexity index is 181. The molecule has 3 atom stereocenters. The number of carbonyl (C=O) groups is 1. The molecule has 1 amide bonds. The van der Waals surface area contributed by atoms with E-state index in [1.807, 2.05) is 0 Å². The average molecular weight is 154 g/mol. The fourth-order valence-corrected chi connectivity index (χ4v) is 1.93. The lowest BCUT2D eigenvalue weighted by molar-refractivity contribution is -0.119. The van der Waals surface area contributed by atoms with Crippen LogP contribution in [0.4, 0.5) is 0 Å². The lowest BCUT2D eigenvalue weighted by atomic mass is 10.2. The first-order chi connectivity index (χ1) is 5.27. The lowest BCUT2D eigenvalue weighted by Gasteiger charge is -2.12. The second-order valence-corrected chi connectivity index (χ2v) is 3.61. The summed E-state index contributed by atoms with van der Waals surface area (Å²) < 4.78 is 0. The summed E-state index contributed by atoms with van der Waals surface area (Å²) in [5.41, 5.74) is 0. The first-order valence-electron chi connectivity index (χ1n) is 4.25. The summed E-state index contributed by atoms with van der Waals surface area (Å²) in [5.74, 6) is 1.87. The number of piperidine rings is 1. The average Bonchev–Trinajstić information content (AvgIpc) is 2.62. The molecule has 2 N–H and O–H groups in total. The highest BCUT2D eigenvalue weighted by molar-refractivity contribution is 5.72. The SMILES string of the molecule is CC(=O)NCC1NCC2CC21. The number of hydrogen-bond donors (Lipinski definition) is 2. The van der Waals surface area contributed by atoms with Crippen LogP contribution in [0.2, 0.25) is 0 Å². The maximum absolute atomic E-state index is 10.6. The number of amides is 1. The van der Waals surface area contributed by atoms with Crippen LogP contribution in [0.25, 0.3) is 0 Å². The molecule has 11 heavy (non-hydrogen) atoms. The van der Waals surface area contributed by atoms with Crippen molar-refractivity contribution in [2.45, 2.75) is 19.4 Å². The molecular weight excluding hydrogens is 140 g/mol. The molecule has 62 valence electrons. The van der Waals surface area contributed by atoms with E-state index in [-0.39, 0.29) is 5.91 Å². The van der Waals surface area contributed by atoms with E-state index in [1.54, 1.807) is 6.92 Å². The molecular formula is C8H14N2O. The van der Waals surface area contributed by atoms with Gasteiger partial charge in [-0.15, -0.1) is 0 Å². The molecule has 0 bridgehead atoms. The number of hydrogen-bond acceptors (Lipinski definition) is 2. The van der Waals surface area contributed by atoms with Gasteiger partial charge in [0.1, 0.15) is 0 Å². The van der Waals surface area contributed by atoms with Crippen molar-refractivity contribution < 1.29 is 4.79 Å². The Hall–Kier alpha value is -0.570. The molecule has 2 rings (SSSR count). The Morgan fingerprint density at radius 2 is 2.55 bits per heavy atom. The van der Waals surface area contributed by atoms with Crippen LogP contribution in [0.15, 0.2) is 0 Å². The molecule has 1 heterocycles. The minimum absolute atomic E-state index is 0.0795. The van der Waals surface area contributed by atoms with Crippen LogP contribution in [0, 0.1) is 11.8 Å². The monoisotopic (exact) mass is 154 g/mol. The van der Waals surface area contributed by atoms with Gasteiger partial charge >= 0.3 is 0 Å². The van der Waals surface area contributed by atoms with Gasteiger partial charge in [0.05, 0.1) is 0 Å². The van der Waals surface area contributed by atoms with Crippen LogP contribution in [0.1, 0.15) is 13.3 Å². The van der Waals surface area contributed by atoms with E-state index in [1.165, 1.54) is 6.42 Å². The Balaban J connectivity index is 1.74. The van der Waals surface area contributed by atoms with E-state index < -0.39 is 0 Å². The Morgan fingerprint density at radius 1 is 1.73 bits per heavy atom. The summed E-state index contributed by atoms with van der Waals surface area (Å²) in [4.78, 5) is 10.6. The van der Waals surface area contributed by atoms with E-state index in [0.29, 0.717) is 6.04 Å². The number of carbonyl (C=O) groups excluding carboxylic acids is 1. The van der Waals surface area contributed by atoms with Gasteiger partial charge in [-0.3, -0.25) is 4.79 Å². The van der Waals surface area contributed by atoms with Crippen LogP contribution in [0.3, 0.4) is 0 Å². The van der Waals surface area contributed by atoms with Crippen molar-refractivity contribution in [1.82, 2.24) is 10.6 Å². The fraction of sp³-hybridized carbons (Fsp3) is 0.875. The van der Waals surface area contributed by atoms with E-state index in [0.717, 1.165) is 24.9 Å². The summed E-state index contributed by atoms with van der Waals surface area (Å²) in [6.45, 7) is 3.55. The van der Waals surface area contributed by atoms with Crippen LogP contribution < -0.4 is 10.6 Å². The molecule has 1 saturated carbocycles. The highest BCUT2D eigenvalue weighted by Crippen LogP contribution is 2.44. The van der Waals surface area contributed by atoms with Gasteiger partial charge in [0.2, 0.25) is 5.91 Å². The molecule has 0 aromatic carbocycles. The summed E-state index contributed by atoms with van der Waals surface area (Å²) in [6.07, 6.45) is 1.37. The normalized spacial score (nSPS) is 39.9. The molecule has 2 aliphatic rings. The molecule has 3 heteroatoms. The van der Waals surface area contributed by atoms with Crippen molar-refractivity contribution in [2.24, 2.45) is 11.8 Å². The second-order valence-electron chi connectivity index (χ2n) is 3.61. The van der Waals surface area contributed by atoms with Crippen molar-refractivity contribution in [3.05, 3.63) is 0 Å². The summed E-state index contributed by atoms with van der Waals surface area (Å²) in [7, 11) is 0. The highest BCUT2D eigenvalue weighted by Gasteiger charge is 2.47. The molecule has 1 aliphatic carbocycles. The van der Waals surface area contributed by atoms with E-state index >= 15 is 0 Å². The largest absolute Gasteiger partial charge is 0.355 e. The first-order valence-corrected chi connectivity index (χ1v) is 4.25. The van der Waals surface area contributed by atoms with E-state index in [2.05, 4.69) is 10.6 Å². The molecule has 2 fully saturated rings. The van der Waals surface area contributed by atoms with Crippen molar-refractivity contribution in [3.63, 3.8) is 0 Å². The third kappa shape index (κ3) is 1.38. The fourth-order valence-electron chi connectivity index (χ4n) is 1.93. The van der Waals surface area contributed by atoms with Crippen LogP contribution in [-0.2, 0) is 4.79 Å². The highest BCUT2D eigenvalue weighted by atomic mass is 16.1. The van der Waals surface area contributed by atoms with Gasteiger partial charge < -0.3 is 10.6 Å². The van der Waals surface area contributed by atoms with Crippen molar-refractivity contribution in [3.8, 4) is 0 Å². The Labute approximate surface area is 66.5 Å². The smallest absolute Gasteiger partial charge is 0.216 e. The molecule has 3 nitrogen and oxygen atoms in total. The quantitative estimate of drug-likeness (QED) is 0.575. The maximum Gasteiger partial charge on any atom is 0.216 e. The van der Waals surface area contributed by atoms with Crippen molar-refractivity contribution >= 4 is 5.91 Å². The van der Waals surface area contributed by atoms with Crippen LogP contribution in [0.5, 0.6) is 0 Å². The summed E-state index contributed by atoms with van der Waals surface area (Å²) >= 11 is 0. The van der Waals surface area contributed by atoms with Crippen LogP contribution >= 0.6 is 0 Å². The predicted octanol–water partition coefficient (Wildman–Crippen LogP) is -0.270. The second kappa shape index (κ2) is 2.48. The zero-order chi connectivity index (χ0) is 7.84. The topological polar surface area (TPSA) is 41.1 Å². The van der Waals surface area contributed by atoms with Gasteiger partial charge in [-0.05, 0) is 24.8 Å². The van der Waals surface area contributed by atoms with E-state index in [4.69, 9.17) is 0 Å². The van der Waals surface area contributed by atoms with Gasteiger partial charge in [-0.2, -0.15) is 0 Å². The van der Waals surface area contributed by atoms with Gasteiger partial charge in [0, 0.05) is 19.5 Å². The minimum atomic E-state index is 0.0795. The van der Waals surface area contributed by atoms with Crippen LogP contribution in [-0.4, -0.2) is 25.0 Å². The molecule has 1 aliphatic heterocycles.